The predicted octanol–water partition coefficient (Wildman–Crippen LogP) is 4.49. The van der Waals surface area contributed by atoms with E-state index < -0.39 is 11.7 Å². The maximum Gasteiger partial charge on any atom is 0.417 e. The summed E-state index contributed by atoms with van der Waals surface area (Å²) in [6, 6.07) is 5.41. The zero-order valence-corrected chi connectivity index (χ0v) is 12.8. The summed E-state index contributed by atoms with van der Waals surface area (Å²) < 4.78 is 38.7. The Morgan fingerprint density at radius 3 is 2.57 bits per heavy atom. The van der Waals surface area contributed by atoms with Gasteiger partial charge in [-0.1, -0.05) is 11.6 Å². The van der Waals surface area contributed by atoms with Gasteiger partial charge in [-0.25, -0.2) is 4.98 Å². The monoisotopic (exact) mass is 342 g/mol. The second-order valence-electron chi connectivity index (χ2n) is 5.25. The van der Waals surface area contributed by atoms with E-state index in [-0.39, 0.29) is 16.7 Å². The van der Waals surface area contributed by atoms with E-state index in [1.54, 1.807) is 12.3 Å². The lowest BCUT2D eigenvalue weighted by Crippen LogP contribution is -2.19. The summed E-state index contributed by atoms with van der Waals surface area (Å²) in [5.74, 6) is 1.02. The van der Waals surface area contributed by atoms with Crippen LogP contribution in [0, 0.1) is 0 Å². The molecule has 1 aliphatic rings. The van der Waals surface area contributed by atoms with E-state index in [0.29, 0.717) is 0 Å². The Kier molecular flexibility index (Phi) is 4.30. The molecule has 0 bridgehead atoms. The Morgan fingerprint density at radius 2 is 1.87 bits per heavy atom. The second kappa shape index (κ2) is 6.23. The van der Waals surface area contributed by atoms with Crippen LogP contribution in [0.4, 0.5) is 30.6 Å². The van der Waals surface area contributed by atoms with Crippen molar-refractivity contribution < 1.29 is 13.2 Å². The molecule has 0 radical (unpaired) electrons. The average molecular weight is 343 g/mol. The fourth-order valence-corrected chi connectivity index (χ4v) is 2.71. The van der Waals surface area contributed by atoms with E-state index in [1.165, 1.54) is 12.1 Å². The summed E-state index contributed by atoms with van der Waals surface area (Å²) in [7, 11) is 0. The molecule has 0 unspecified atom stereocenters. The van der Waals surface area contributed by atoms with Gasteiger partial charge in [-0.2, -0.15) is 18.2 Å². The number of anilines is 3. The molecule has 1 saturated heterocycles. The van der Waals surface area contributed by atoms with Crippen molar-refractivity contribution in [2.45, 2.75) is 19.0 Å². The zero-order chi connectivity index (χ0) is 16.4. The largest absolute Gasteiger partial charge is 0.417 e. The summed E-state index contributed by atoms with van der Waals surface area (Å²) in [4.78, 5) is 10.5. The molecule has 0 atom stereocenters. The van der Waals surface area contributed by atoms with Crippen molar-refractivity contribution in [3.63, 3.8) is 0 Å². The summed E-state index contributed by atoms with van der Waals surface area (Å²) >= 11 is 5.61. The van der Waals surface area contributed by atoms with Crippen LogP contribution in [-0.2, 0) is 6.18 Å². The number of nitrogens with zero attached hydrogens (tertiary/aromatic N) is 3. The molecule has 2 aromatic rings. The van der Waals surface area contributed by atoms with Crippen LogP contribution >= 0.6 is 11.6 Å². The quantitative estimate of drug-likeness (QED) is 0.892. The number of alkyl halides is 3. The van der Waals surface area contributed by atoms with Crippen LogP contribution in [0.15, 0.2) is 30.5 Å². The van der Waals surface area contributed by atoms with E-state index in [1.807, 2.05) is 0 Å². The number of aromatic nitrogens is 2. The van der Waals surface area contributed by atoms with E-state index in [9.17, 15) is 13.2 Å². The number of hydrogen-bond acceptors (Lipinski definition) is 4. The molecule has 4 nitrogen and oxygen atoms in total. The molecule has 0 amide bonds. The lowest BCUT2D eigenvalue weighted by atomic mass is 10.2. The normalized spacial score (nSPS) is 15.0. The number of nitrogens with one attached hydrogen (secondary N) is 1. The van der Waals surface area contributed by atoms with Crippen LogP contribution in [-0.4, -0.2) is 23.1 Å². The molecule has 1 fully saturated rings. The van der Waals surface area contributed by atoms with Gasteiger partial charge in [0.15, 0.2) is 0 Å². The van der Waals surface area contributed by atoms with Crippen LogP contribution in [0.2, 0.25) is 5.02 Å². The molecule has 8 heteroatoms. The van der Waals surface area contributed by atoms with Gasteiger partial charge in [0.2, 0.25) is 5.95 Å². The third kappa shape index (κ3) is 3.67. The molecule has 2 heterocycles. The minimum Gasteiger partial charge on any atom is -0.356 e. The van der Waals surface area contributed by atoms with E-state index in [2.05, 4.69) is 20.2 Å². The van der Waals surface area contributed by atoms with Crippen molar-refractivity contribution in [1.29, 1.82) is 0 Å². The van der Waals surface area contributed by atoms with Crippen LogP contribution in [0.1, 0.15) is 18.4 Å². The Bertz CT molecular complexity index is 699. The van der Waals surface area contributed by atoms with Gasteiger partial charge in [-0.05, 0) is 37.1 Å². The molecule has 0 spiro atoms. The highest BCUT2D eigenvalue weighted by Gasteiger charge is 2.33. The van der Waals surface area contributed by atoms with Gasteiger partial charge in [0, 0.05) is 25.0 Å². The molecular formula is C15H14ClF3N4. The van der Waals surface area contributed by atoms with Gasteiger partial charge in [0.1, 0.15) is 5.82 Å². The number of rotatable bonds is 3. The maximum atomic E-state index is 12.9. The summed E-state index contributed by atoms with van der Waals surface area (Å²) in [5, 5.41) is 2.46. The van der Waals surface area contributed by atoms with Crippen LogP contribution in [0.3, 0.4) is 0 Å². The third-order valence-corrected chi connectivity index (χ3v) is 3.93. The number of benzene rings is 1. The first kappa shape index (κ1) is 15.9. The smallest absolute Gasteiger partial charge is 0.356 e. The highest BCUT2D eigenvalue weighted by atomic mass is 35.5. The summed E-state index contributed by atoms with van der Waals surface area (Å²) in [5.41, 5.74) is -0.653. The standard InChI is InChI=1S/C15H14ClF3N4/c16-12-4-3-10(9-11(12)15(17,18)19)21-14-20-6-5-13(22-14)23-7-1-2-8-23/h3-6,9H,1-2,7-8H2,(H,20,21,22). The highest BCUT2D eigenvalue weighted by Crippen LogP contribution is 2.36. The van der Waals surface area contributed by atoms with Crippen LogP contribution in [0.25, 0.3) is 0 Å². The van der Waals surface area contributed by atoms with Gasteiger partial charge >= 0.3 is 6.18 Å². The highest BCUT2D eigenvalue weighted by molar-refractivity contribution is 6.31. The first-order chi connectivity index (χ1) is 10.9. The molecule has 23 heavy (non-hydrogen) atoms. The van der Waals surface area contributed by atoms with Crippen molar-refractivity contribution in [3.8, 4) is 0 Å². The first-order valence-corrected chi connectivity index (χ1v) is 7.53. The molecule has 122 valence electrons. The summed E-state index contributed by atoms with van der Waals surface area (Å²) in [6.45, 7) is 1.85. The van der Waals surface area contributed by atoms with Crippen molar-refractivity contribution in [2.24, 2.45) is 0 Å². The molecule has 3 rings (SSSR count). The Labute approximate surface area is 136 Å². The Hall–Kier alpha value is -2.02. The molecule has 0 saturated carbocycles. The van der Waals surface area contributed by atoms with Crippen LogP contribution in [0.5, 0.6) is 0 Å². The minimum absolute atomic E-state index is 0.236. The molecule has 1 aromatic carbocycles. The molecular weight excluding hydrogens is 329 g/mol. The molecule has 0 aliphatic carbocycles. The molecule has 1 aromatic heterocycles. The minimum atomic E-state index is -4.51. The Morgan fingerprint density at radius 1 is 1.13 bits per heavy atom. The first-order valence-electron chi connectivity index (χ1n) is 7.15. The molecule has 1 aliphatic heterocycles. The van der Waals surface area contributed by atoms with Gasteiger partial charge in [-0.15, -0.1) is 0 Å². The third-order valence-electron chi connectivity index (χ3n) is 3.60. The van der Waals surface area contributed by atoms with Gasteiger partial charge in [-0.3, -0.25) is 0 Å². The average Bonchev–Trinajstić information content (AvgIpc) is 3.03. The van der Waals surface area contributed by atoms with Crippen molar-refractivity contribution >= 4 is 29.1 Å². The van der Waals surface area contributed by atoms with Crippen molar-refractivity contribution in [1.82, 2.24) is 9.97 Å². The van der Waals surface area contributed by atoms with Gasteiger partial charge < -0.3 is 10.2 Å². The van der Waals surface area contributed by atoms with Crippen molar-refractivity contribution in [3.05, 3.63) is 41.0 Å². The van der Waals surface area contributed by atoms with Gasteiger partial charge in [0.05, 0.1) is 10.6 Å². The predicted molar refractivity (Wildman–Crippen MR) is 83.2 cm³/mol. The van der Waals surface area contributed by atoms with E-state index in [4.69, 9.17) is 11.6 Å². The van der Waals surface area contributed by atoms with Crippen molar-refractivity contribution in [2.75, 3.05) is 23.3 Å². The molecule has 1 N–H and O–H groups in total. The fourth-order valence-electron chi connectivity index (χ4n) is 2.48. The topological polar surface area (TPSA) is 41.1 Å². The van der Waals surface area contributed by atoms with E-state index >= 15 is 0 Å². The SMILES string of the molecule is FC(F)(F)c1cc(Nc2nccc(N3CCCC3)n2)ccc1Cl. The zero-order valence-electron chi connectivity index (χ0n) is 12.1. The van der Waals surface area contributed by atoms with Gasteiger partial charge in [0.25, 0.3) is 0 Å². The maximum absolute atomic E-state index is 12.9. The summed E-state index contributed by atoms with van der Waals surface area (Å²) in [6.07, 6.45) is -0.700. The van der Waals surface area contributed by atoms with E-state index in [0.717, 1.165) is 37.8 Å². The second-order valence-corrected chi connectivity index (χ2v) is 5.66. The fraction of sp³-hybridized carbons (Fsp3) is 0.333. The lowest BCUT2D eigenvalue weighted by molar-refractivity contribution is -0.137. The lowest BCUT2D eigenvalue weighted by Gasteiger charge is -2.17. The van der Waals surface area contributed by atoms with Crippen LogP contribution < -0.4 is 10.2 Å². The number of halogens is 4. The number of hydrogen-bond donors (Lipinski definition) is 1. The Balaban J connectivity index is 1.83.